The number of ether oxygens (including phenoxy) is 1. The van der Waals surface area contributed by atoms with E-state index in [9.17, 15) is 0 Å². The lowest BCUT2D eigenvalue weighted by molar-refractivity contribution is 0.395. The molecule has 0 amide bonds. The van der Waals surface area contributed by atoms with E-state index in [1.807, 2.05) is 36.4 Å². The molecule has 0 bridgehead atoms. The lowest BCUT2D eigenvalue weighted by Crippen LogP contribution is -1.93. The van der Waals surface area contributed by atoms with Crippen molar-refractivity contribution < 1.29 is 6.11 Å². The van der Waals surface area contributed by atoms with Crippen LogP contribution in [0.2, 0.25) is 0 Å². The molecular weight excluding hydrogens is 136 g/mol. The average molecular weight is 145 g/mol. The Balaban J connectivity index is 2.27. The maximum atomic E-state index is 7.91. The molecule has 1 heterocycles. The van der Waals surface area contributed by atoms with Crippen LogP contribution in [-0.4, -0.2) is 6.10 Å². The summed E-state index contributed by atoms with van der Waals surface area (Å²) in [6.07, 6.45) is 3.22. The normalized spacial score (nSPS) is 38.9. The second-order valence-corrected chi connectivity index (χ2v) is 2.85. The highest BCUT2D eigenvalue weighted by molar-refractivity contribution is 5.60. The van der Waals surface area contributed by atoms with E-state index in [1.165, 1.54) is 0 Å². The van der Waals surface area contributed by atoms with E-state index in [0.29, 0.717) is 0 Å². The fourth-order valence-corrected chi connectivity index (χ4v) is 1.50. The number of benzene rings is 1. The van der Waals surface area contributed by atoms with E-state index in [2.05, 4.69) is 0 Å². The van der Waals surface area contributed by atoms with Gasteiger partial charge < -0.3 is 4.74 Å². The fraction of sp³-hybridized carbons (Fsp3) is 0.200. The standard InChI is InChI=1S/C10H8O/c1-2-4-8-7(3-1)5-6-9-10(8)11-9/h1-6,9-10H/i10D. The molecule has 1 nitrogen and oxygen atoms in total. The highest BCUT2D eigenvalue weighted by atomic mass is 16.6. The van der Waals surface area contributed by atoms with Crippen molar-refractivity contribution in [1.82, 2.24) is 0 Å². The smallest absolute Gasteiger partial charge is 0.114 e. The molecule has 3 rings (SSSR count). The first-order valence-corrected chi connectivity index (χ1v) is 3.76. The van der Waals surface area contributed by atoms with Crippen molar-refractivity contribution in [2.24, 2.45) is 0 Å². The van der Waals surface area contributed by atoms with E-state index >= 15 is 0 Å². The van der Waals surface area contributed by atoms with Crippen molar-refractivity contribution in [3.8, 4) is 0 Å². The van der Waals surface area contributed by atoms with Crippen LogP contribution in [0.5, 0.6) is 0 Å². The fourth-order valence-electron chi connectivity index (χ4n) is 1.50. The SMILES string of the molecule is [2H]C12OC1C=Cc1ccccc12. The molecule has 0 N–H and O–H groups in total. The lowest BCUT2D eigenvalue weighted by Gasteiger charge is -2.04. The van der Waals surface area contributed by atoms with Gasteiger partial charge in [-0.2, -0.15) is 0 Å². The molecule has 2 unspecified atom stereocenters. The van der Waals surface area contributed by atoms with Crippen LogP contribution in [0.3, 0.4) is 0 Å². The summed E-state index contributed by atoms with van der Waals surface area (Å²) >= 11 is 0. The van der Waals surface area contributed by atoms with Gasteiger partial charge >= 0.3 is 0 Å². The molecule has 1 aromatic carbocycles. The highest BCUT2D eigenvalue weighted by Gasteiger charge is 2.40. The van der Waals surface area contributed by atoms with Crippen molar-refractivity contribution in [3.05, 3.63) is 41.5 Å². The average Bonchev–Trinajstić information content (AvgIpc) is 2.78. The number of hydrogen-bond acceptors (Lipinski definition) is 1. The lowest BCUT2D eigenvalue weighted by atomic mass is 9.98. The van der Waals surface area contributed by atoms with Gasteiger partial charge in [0.1, 0.15) is 12.2 Å². The van der Waals surface area contributed by atoms with Crippen LogP contribution >= 0.6 is 0 Å². The zero-order valence-electron chi connectivity index (χ0n) is 6.95. The number of hydrogen-bond donors (Lipinski definition) is 0. The summed E-state index contributed by atoms with van der Waals surface area (Å²) in [6.45, 7) is 0. The largest absolute Gasteiger partial charge is 0.360 e. The summed E-state index contributed by atoms with van der Waals surface area (Å²) in [4.78, 5) is 0. The summed E-state index contributed by atoms with van der Waals surface area (Å²) in [7, 11) is 0. The first kappa shape index (κ1) is 4.73. The van der Waals surface area contributed by atoms with Crippen molar-refractivity contribution in [3.63, 3.8) is 0 Å². The van der Waals surface area contributed by atoms with Crippen LogP contribution in [0.1, 0.15) is 18.6 Å². The molecular formula is C10H8O. The van der Waals surface area contributed by atoms with Gasteiger partial charge in [-0.25, -0.2) is 0 Å². The molecule has 1 aliphatic heterocycles. The van der Waals surface area contributed by atoms with Crippen molar-refractivity contribution in [2.75, 3.05) is 0 Å². The molecule has 1 heteroatoms. The van der Waals surface area contributed by atoms with Crippen LogP contribution in [0, 0.1) is 0 Å². The predicted octanol–water partition coefficient (Wildman–Crippen LogP) is 2.15. The van der Waals surface area contributed by atoms with Crippen LogP contribution in [0.15, 0.2) is 30.3 Å². The molecule has 0 aromatic heterocycles. The summed E-state index contributed by atoms with van der Waals surface area (Å²) in [6, 6.07) is 7.91. The molecule has 0 saturated carbocycles. The van der Waals surface area contributed by atoms with Gasteiger partial charge in [-0.1, -0.05) is 36.4 Å². The summed E-state index contributed by atoms with van der Waals surface area (Å²) in [5, 5.41) is 0. The van der Waals surface area contributed by atoms with E-state index in [0.717, 1.165) is 11.1 Å². The van der Waals surface area contributed by atoms with Crippen LogP contribution in [-0.2, 0) is 4.74 Å². The molecule has 2 aliphatic rings. The van der Waals surface area contributed by atoms with Gasteiger partial charge in [-0.15, -0.1) is 0 Å². The first-order chi connectivity index (χ1) is 5.81. The zero-order chi connectivity index (χ0) is 8.18. The Morgan fingerprint density at radius 1 is 1.36 bits per heavy atom. The van der Waals surface area contributed by atoms with E-state index in [4.69, 9.17) is 6.11 Å². The Labute approximate surface area is 66.7 Å². The van der Waals surface area contributed by atoms with Gasteiger partial charge in [0.25, 0.3) is 0 Å². The molecule has 2 atom stereocenters. The molecule has 1 saturated heterocycles. The molecule has 11 heavy (non-hydrogen) atoms. The number of epoxide rings is 1. The van der Waals surface area contributed by atoms with E-state index < -0.39 is 6.08 Å². The third kappa shape index (κ3) is 0.688. The Bertz CT molecular complexity index is 372. The maximum absolute atomic E-state index is 7.91. The molecule has 1 aromatic rings. The maximum Gasteiger partial charge on any atom is 0.114 e. The minimum Gasteiger partial charge on any atom is -0.360 e. The van der Waals surface area contributed by atoms with Gasteiger partial charge in [0.2, 0.25) is 0 Å². The highest BCUT2D eigenvalue weighted by Crippen LogP contribution is 2.44. The minimum atomic E-state index is -0.759. The van der Waals surface area contributed by atoms with Crippen molar-refractivity contribution in [1.29, 1.82) is 0 Å². The van der Waals surface area contributed by atoms with Crippen LogP contribution in [0.25, 0.3) is 6.08 Å². The number of fused-ring (bicyclic) bond motifs is 3. The first-order valence-electron chi connectivity index (χ1n) is 4.26. The topological polar surface area (TPSA) is 12.5 Å². The Kier molecular flexibility index (Phi) is 0.749. The Hall–Kier alpha value is -1.08. The molecule has 1 fully saturated rings. The van der Waals surface area contributed by atoms with E-state index in [1.54, 1.807) is 0 Å². The van der Waals surface area contributed by atoms with Crippen molar-refractivity contribution in [2.45, 2.75) is 12.2 Å². The Morgan fingerprint density at radius 3 is 3.27 bits per heavy atom. The molecule has 54 valence electrons. The minimum absolute atomic E-state index is 0.00704. The molecule has 1 aliphatic carbocycles. The summed E-state index contributed by atoms with van der Waals surface area (Å²) in [5.41, 5.74) is 2.11. The van der Waals surface area contributed by atoms with Gasteiger partial charge in [0.05, 0.1) is 1.37 Å². The molecule has 0 spiro atoms. The van der Waals surface area contributed by atoms with Crippen LogP contribution < -0.4 is 0 Å². The third-order valence-electron chi connectivity index (χ3n) is 2.13. The van der Waals surface area contributed by atoms with Gasteiger partial charge in [0.15, 0.2) is 0 Å². The van der Waals surface area contributed by atoms with Gasteiger partial charge in [-0.05, 0) is 11.1 Å². The van der Waals surface area contributed by atoms with Gasteiger partial charge in [-0.3, -0.25) is 0 Å². The second kappa shape index (κ2) is 1.74. The monoisotopic (exact) mass is 145 g/mol. The Morgan fingerprint density at radius 2 is 2.27 bits per heavy atom. The number of rotatable bonds is 0. The third-order valence-corrected chi connectivity index (χ3v) is 2.13. The summed E-state index contributed by atoms with van der Waals surface area (Å²) < 4.78 is 13.2. The van der Waals surface area contributed by atoms with E-state index in [-0.39, 0.29) is 6.10 Å². The quantitative estimate of drug-likeness (QED) is 0.509. The molecule has 0 radical (unpaired) electrons. The second-order valence-electron chi connectivity index (χ2n) is 2.85. The van der Waals surface area contributed by atoms with Crippen LogP contribution in [0.4, 0.5) is 0 Å². The predicted molar refractivity (Wildman–Crippen MR) is 43.1 cm³/mol. The summed E-state index contributed by atoms with van der Waals surface area (Å²) in [5.74, 6) is 0. The zero-order valence-corrected chi connectivity index (χ0v) is 5.95. The van der Waals surface area contributed by atoms with Crippen molar-refractivity contribution >= 4 is 6.08 Å². The van der Waals surface area contributed by atoms with Gasteiger partial charge in [0, 0.05) is 0 Å².